The van der Waals surface area contributed by atoms with E-state index in [0.29, 0.717) is 0 Å². The molecule has 2 aromatic heterocycles. The van der Waals surface area contributed by atoms with Crippen LogP contribution in [0.4, 0.5) is 0 Å². The first kappa shape index (κ1) is 16.4. The lowest BCUT2D eigenvalue weighted by atomic mass is 9.88. The van der Waals surface area contributed by atoms with E-state index < -0.39 is 0 Å². The summed E-state index contributed by atoms with van der Waals surface area (Å²) in [6, 6.07) is 13.1. The third-order valence-corrected chi connectivity index (χ3v) is 4.70. The third-order valence-electron chi connectivity index (χ3n) is 4.70. The summed E-state index contributed by atoms with van der Waals surface area (Å²) in [5.74, 6) is 0. The van der Waals surface area contributed by atoms with Crippen molar-refractivity contribution in [1.29, 1.82) is 0 Å². The largest absolute Gasteiger partial charge is 0.212 e. The Morgan fingerprint density at radius 2 is 1.71 bits per heavy atom. The zero-order valence-corrected chi connectivity index (χ0v) is 15.5. The van der Waals surface area contributed by atoms with Gasteiger partial charge in [0.15, 0.2) is 19.4 Å². The molecule has 124 valence electrons. The molecular weight excluding hydrogens is 294 g/mol. The van der Waals surface area contributed by atoms with Gasteiger partial charge >= 0.3 is 0 Å². The second kappa shape index (κ2) is 5.90. The number of aromatic nitrogens is 3. The SMILES string of the molecule is Cc1c(-c2ccc(C(C)(C)C)c[n+]2C)cccc1-n1ccc[n+]1C. The minimum atomic E-state index is 0.159. The summed E-state index contributed by atoms with van der Waals surface area (Å²) in [7, 11) is 4.19. The van der Waals surface area contributed by atoms with E-state index in [2.05, 4.69) is 111 Å². The van der Waals surface area contributed by atoms with Crippen molar-refractivity contribution in [3.63, 3.8) is 0 Å². The van der Waals surface area contributed by atoms with Crippen LogP contribution >= 0.6 is 0 Å². The molecule has 0 fully saturated rings. The lowest BCUT2D eigenvalue weighted by molar-refractivity contribution is -0.744. The van der Waals surface area contributed by atoms with Crippen LogP contribution in [0.2, 0.25) is 0 Å². The van der Waals surface area contributed by atoms with Crippen LogP contribution < -0.4 is 9.25 Å². The lowest BCUT2D eigenvalue weighted by Crippen LogP contribution is -2.37. The molecule has 3 nitrogen and oxygen atoms in total. The molecule has 0 amide bonds. The molecule has 3 heteroatoms. The Balaban J connectivity index is 2.13. The maximum Gasteiger partial charge on any atom is 0.212 e. The minimum Gasteiger partial charge on any atom is -0.201 e. The van der Waals surface area contributed by atoms with Gasteiger partial charge in [-0.25, -0.2) is 4.57 Å². The Morgan fingerprint density at radius 3 is 2.29 bits per heavy atom. The molecule has 0 atom stereocenters. The Hall–Kier alpha value is -2.42. The molecule has 3 rings (SSSR count). The first-order valence-corrected chi connectivity index (χ1v) is 8.43. The van der Waals surface area contributed by atoms with Gasteiger partial charge in [0.05, 0.1) is 11.8 Å². The van der Waals surface area contributed by atoms with Crippen LogP contribution in [0, 0.1) is 6.92 Å². The number of aryl methyl sites for hydroxylation is 2. The van der Waals surface area contributed by atoms with Crippen molar-refractivity contribution in [3.8, 4) is 16.9 Å². The van der Waals surface area contributed by atoms with E-state index in [1.54, 1.807) is 0 Å². The molecule has 0 aliphatic rings. The fraction of sp³-hybridized carbons (Fsp3) is 0.333. The zero-order chi connectivity index (χ0) is 17.5. The highest BCUT2D eigenvalue weighted by atomic mass is 15.4. The molecule has 24 heavy (non-hydrogen) atoms. The normalized spacial score (nSPS) is 11.8. The maximum atomic E-state index is 2.25. The topological polar surface area (TPSA) is 12.7 Å². The molecule has 0 aliphatic heterocycles. The molecule has 0 radical (unpaired) electrons. The quantitative estimate of drug-likeness (QED) is 0.642. The van der Waals surface area contributed by atoms with Crippen LogP contribution in [0.5, 0.6) is 0 Å². The van der Waals surface area contributed by atoms with E-state index in [0.717, 1.165) is 0 Å². The highest BCUT2D eigenvalue weighted by Gasteiger charge is 2.21. The maximum absolute atomic E-state index is 2.25. The van der Waals surface area contributed by atoms with Crippen LogP contribution in [0.1, 0.15) is 31.9 Å². The van der Waals surface area contributed by atoms with Crippen molar-refractivity contribution in [2.24, 2.45) is 14.1 Å². The summed E-state index contributed by atoms with van der Waals surface area (Å²) in [4.78, 5) is 0. The van der Waals surface area contributed by atoms with Crippen LogP contribution in [-0.2, 0) is 19.5 Å². The molecule has 0 aliphatic carbocycles. The molecule has 0 saturated carbocycles. The summed E-state index contributed by atoms with van der Waals surface area (Å²) in [5.41, 5.74) is 6.50. The Morgan fingerprint density at radius 1 is 0.958 bits per heavy atom. The highest BCUT2D eigenvalue weighted by molar-refractivity contribution is 5.66. The van der Waals surface area contributed by atoms with Gasteiger partial charge in [0.2, 0.25) is 5.69 Å². The Labute approximate surface area is 144 Å². The van der Waals surface area contributed by atoms with E-state index >= 15 is 0 Å². The van der Waals surface area contributed by atoms with E-state index in [4.69, 9.17) is 0 Å². The molecular formula is C21H27N3+2. The molecule has 3 aromatic rings. The summed E-state index contributed by atoms with van der Waals surface area (Å²) in [6.07, 6.45) is 6.40. The summed E-state index contributed by atoms with van der Waals surface area (Å²) in [6.45, 7) is 8.95. The Kier molecular flexibility index (Phi) is 4.04. The van der Waals surface area contributed by atoms with Crippen molar-refractivity contribution < 1.29 is 9.25 Å². The second-order valence-electron chi connectivity index (χ2n) is 7.52. The monoisotopic (exact) mass is 321 g/mol. The first-order valence-electron chi connectivity index (χ1n) is 8.43. The van der Waals surface area contributed by atoms with Gasteiger partial charge in [0.25, 0.3) is 0 Å². The second-order valence-corrected chi connectivity index (χ2v) is 7.52. The highest BCUT2D eigenvalue weighted by Crippen LogP contribution is 2.27. The fourth-order valence-electron chi connectivity index (χ4n) is 3.15. The molecule has 0 bridgehead atoms. The van der Waals surface area contributed by atoms with Gasteiger partial charge in [-0.15, -0.1) is 9.36 Å². The summed E-state index contributed by atoms with van der Waals surface area (Å²) < 4.78 is 6.50. The minimum absolute atomic E-state index is 0.159. The van der Waals surface area contributed by atoms with Gasteiger partial charge in [-0.2, -0.15) is 0 Å². The number of nitrogens with zero attached hydrogens (tertiary/aromatic N) is 3. The van der Waals surface area contributed by atoms with E-state index in [1.807, 2.05) is 0 Å². The number of pyridine rings is 1. The van der Waals surface area contributed by atoms with Gasteiger partial charge < -0.3 is 0 Å². The number of rotatable bonds is 2. The first-order chi connectivity index (χ1) is 11.3. The number of benzene rings is 1. The lowest BCUT2D eigenvalue weighted by Gasteiger charge is -2.17. The molecule has 0 N–H and O–H groups in total. The summed E-state index contributed by atoms with van der Waals surface area (Å²) in [5, 5.41) is 0. The van der Waals surface area contributed by atoms with E-state index in [1.165, 1.54) is 28.1 Å². The van der Waals surface area contributed by atoms with Crippen molar-refractivity contribution >= 4 is 0 Å². The predicted molar refractivity (Wildman–Crippen MR) is 97.0 cm³/mol. The Bertz CT molecular complexity index is 882. The third kappa shape index (κ3) is 2.86. The molecule has 0 saturated heterocycles. The molecule has 0 spiro atoms. The predicted octanol–water partition coefficient (Wildman–Crippen LogP) is 3.40. The van der Waals surface area contributed by atoms with Crippen molar-refractivity contribution in [3.05, 3.63) is 66.1 Å². The van der Waals surface area contributed by atoms with Gasteiger partial charge in [-0.1, -0.05) is 26.8 Å². The average Bonchev–Trinajstić information content (AvgIpc) is 2.93. The molecule has 1 aromatic carbocycles. The van der Waals surface area contributed by atoms with Crippen LogP contribution in [-0.4, -0.2) is 4.68 Å². The zero-order valence-electron chi connectivity index (χ0n) is 15.5. The van der Waals surface area contributed by atoms with Crippen molar-refractivity contribution in [1.82, 2.24) is 4.68 Å². The van der Waals surface area contributed by atoms with Gasteiger partial charge in [-0.05, 0) is 36.1 Å². The van der Waals surface area contributed by atoms with Gasteiger partial charge in [0, 0.05) is 17.7 Å². The molecule has 0 unspecified atom stereocenters. The van der Waals surface area contributed by atoms with Crippen molar-refractivity contribution in [2.75, 3.05) is 0 Å². The number of hydrogen-bond donors (Lipinski definition) is 0. The van der Waals surface area contributed by atoms with Crippen LogP contribution in [0.3, 0.4) is 0 Å². The van der Waals surface area contributed by atoms with E-state index in [-0.39, 0.29) is 5.41 Å². The standard InChI is InChI=1S/C21H27N3/c1-16-18(9-7-10-19(16)24-14-8-13-23(24)6)20-12-11-17(15-22(20)5)21(2,3)4/h7-15H,1-6H3/q+2. The smallest absolute Gasteiger partial charge is 0.201 e. The molecule has 2 heterocycles. The number of hydrogen-bond acceptors (Lipinski definition) is 0. The van der Waals surface area contributed by atoms with E-state index in [9.17, 15) is 0 Å². The average molecular weight is 321 g/mol. The van der Waals surface area contributed by atoms with Gasteiger partial charge in [0.1, 0.15) is 12.7 Å². The van der Waals surface area contributed by atoms with Crippen LogP contribution in [0.25, 0.3) is 16.9 Å². The van der Waals surface area contributed by atoms with Gasteiger partial charge in [-0.3, -0.25) is 0 Å². The van der Waals surface area contributed by atoms with Crippen LogP contribution in [0.15, 0.2) is 55.0 Å². The van der Waals surface area contributed by atoms with Crippen molar-refractivity contribution in [2.45, 2.75) is 33.1 Å². The fourth-order valence-corrected chi connectivity index (χ4v) is 3.15. The summed E-state index contributed by atoms with van der Waals surface area (Å²) >= 11 is 0.